The van der Waals surface area contributed by atoms with Crippen LogP contribution in [0.1, 0.15) is 11.1 Å². The van der Waals surface area contributed by atoms with Crippen molar-refractivity contribution in [3.63, 3.8) is 0 Å². The number of hydrogen-bond donors (Lipinski definition) is 1. The van der Waals surface area contributed by atoms with E-state index in [9.17, 15) is 14.0 Å². The Balaban J connectivity index is 1.46. The number of carbonyl (C=O) groups is 2. The van der Waals surface area contributed by atoms with Crippen LogP contribution in [0.15, 0.2) is 42.5 Å². The molecule has 0 aliphatic carbocycles. The maximum Gasteiger partial charge on any atom is 0.260 e. The molecule has 1 heterocycles. The fraction of sp³-hybridized carbons (Fsp3) is 0.300. The minimum atomic E-state index is -0.505. The number of anilines is 1. The molecule has 0 atom stereocenters. The lowest BCUT2D eigenvalue weighted by Crippen LogP contribution is -2.55. The fourth-order valence-electron chi connectivity index (χ4n) is 2.83. The SMILES string of the molecule is Cc1ccc(NC(=O)C2CN(C(=O)COc3ccccc3F)C2)c(C)c1. The smallest absolute Gasteiger partial charge is 0.260 e. The van der Waals surface area contributed by atoms with Gasteiger partial charge in [0.15, 0.2) is 18.2 Å². The molecular weight excluding hydrogens is 335 g/mol. The Hall–Kier alpha value is -2.89. The highest BCUT2D eigenvalue weighted by Crippen LogP contribution is 2.22. The molecule has 1 aliphatic rings. The number of hydrogen-bond acceptors (Lipinski definition) is 3. The van der Waals surface area contributed by atoms with Gasteiger partial charge in [-0.05, 0) is 37.6 Å². The number of nitrogens with one attached hydrogen (secondary N) is 1. The lowest BCUT2D eigenvalue weighted by molar-refractivity contribution is -0.143. The van der Waals surface area contributed by atoms with E-state index in [1.54, 1.807) is 12.1 Å². The first-order valence-corrected chi connectivity index (χ1v) is 8.47. The fourth-order valence-corrected chi connectivity index (χ4v) is 2.83. The Bertz CT molecular complexity index is 832. The van der Waals surface area contributed by atoms with E-state index in [0.717, 1.165) is 16.8 Å². The Labute approximate surface area is 151 Å². The van der Waals surface area contributed by atoms with Gasteiger partial charge < -0.3 is 15.0 Å². The summed E-state index contributed by atoms with van der Waals surface area (Å²) in [5, 5.41) is 2.91. The van der Waals surface area contributed by atoms with Crippen LogP contribution < -0.4 is 10.1 Å². The zero-order chi connectivity index (χ0) is 18.7. The molecule has 1 N–H and O–H groups in total. The van der Waals surface area contributed by atoms with Gasteiger partial charge in [0.1, 0.15) is 0 Å². The maximum absolute atomic E-state index is 13.5. The summed E-state index contributed by atoms with van der Waals surface area (Å²) >= 11 is 0. The van der Waals surface area contributed by atoms with Crippen LogP contribution in [-0.2, 0) is 9.59 Å². The average Bonchev–Trinajstić information content (AvgIpc) is 2.55. The zero-order valence-electron chi connectivity index (χ0n) is 14.8. The van der Waals surface area contributed by atoms with Gasteiger partial charge in [0, 0.05) is 18.8 Å². The summed E-state index contributed by atoms with van der Waals surface area (Å²) < 4.78 is 18.7. The monoisotopic (exact) mass is 356 g/mol. The second kappa shape index (κ2) is 7.56. The predicted octanol–water partition coefficient (Wildman–Crippen LogP) is 2.92. The van der Waals surface area contributed by atoms with Crippen molar-refractivity contribution in [2.75, 3.05) is 25.0 Å². The highest BCUT2D eigenvalue weighted by atomic mass is 19.1. The molecule has 0 radical (unpaired) electrons. The molecule has 6 heteroatoms. The van der Waals surface area contributed by atoms with Crippen molar-refractivity contribution < 1.29 is 18.7 Å². The first-order valence-electron chi connectivity index (χ1n) is 8.47. The number of likely N-dealkylation sites (tertiary alicyclic amines) is 1. The molecule has 0 saturated carbocycles. The van der Waals surface area contributed by atoms with Gasteiger partial charge >= 0.3 is 0 Å². The van der Waals surface area contributed by atoms with Crippen LogP contribution >= 0.6 is 0 Å². The van der Waals surface area contributed by atoms with Crippen LogP contribution in [0.25, 0.3) is 0 Å². The van der Waals surface area contributed by atoms with Crippen LogP contribution in [0.5, 0.6) is 5.75 Å². The van der Waals surface area contributed by atoms with Crippen LogP contribution in [-0.4, -0.2) is 36.4 Å². The molecule has 2 aromatic carbocycles. The molecular formula is C20H21FN2O3. The number of benzene rings is 2. The minimum Gasteiger partial charge on any atom is -0.481 e. The summed E-state index contributed by atoms with van der Waals surface area (Å²) in [5.41, 5.74) is 2.92. The lowest BCUT2D eigenvalue weighted by Gasteiger charge is -2.38. The maximum atomic E-state index is 13.5. The van der Waals surface area contributed by atoms with Gasteiger partial charge in [-0.3, -0.25) is 9.59 Å². The first-order chi connectivity index (χ1) is 12.4. The van der Waals surface area contributed by atoms with Crippen molar-refractivity contribution >= 4 is 17.5 Å². The van der Waals surface area contributed by atoms with Crippen LogP contribution in [0, 0.1) is 25.6 Å². The van der Waals surface area contributed by atoms with Crippen molar-refractivity contribution in [3.8, 4) is 5.75 Å². The molecule has 1 aliphatic heterocycles. The number of halogens is 1. The van der Waals surface area contributed by atoms with E-state index in [2.05, 4.69) is 5.32 Å². The summed E-state index contributed by atoms with van der Waals surface area (Å²) in [6.45, 7) is 4.38. The van der Waals surface area contributed by atoms with E-state index in [-0.39, 0.29) is 30.1 Å². The third-order valence-corrected chi connectivity index (χ3v) is 4.43. The normalized spacial score (nSPS) is 13.9. The number of para-hydroxylation sites is 1. The first kappa shape index (κ1) is 17.9. The summed E-state index contributed by atoms with van der Waals surface area (Å²) in [5.74, 6) is -1.06. The third-order valence-electron chi connectivity index (χ3n) is 4.43. The molecule has 0 bridgehead atoms. The van der Waals surface area contributed by atoms with Gasteiger partial charge in [0.25, 0.3) is 5.91 Å². The highest BCUT2D eigenvalue weighted by molar-refractivity contribution is 5.95. The quantitative estimate of drug-likeness (QED) is 0.896. The molecule has 1 saturated heterocycles. The molecule has 26 heavy (non-hydrogen) atoms. The second-order valence-corrected chi connectivity index (χ2v) is 6.52. The third kappa shape index (κ3) is 4.02. The summed E-state index contributed by atoms with van der Waals surface area (Å²) in [6, 6.07) is 11.8. The van der Waals surface area contributed by atoms with Gasteiger partial charge in [-0.1, -0.05) is 29.8 Å². The predicted molar refractivity (Wildman–Crippen MR) is 96.5 cm³/mol. The van der Waals surface area contributed by atoms with E-state index in [0.29, 0.717) is 13.1 Å². The van der Waals surface area contributed by atoms with E-state index in [1.165, 1.54) is 17.0 Å². The Kier molecular flexibility index (Phi) is 5.21. The molecule has 0 spiro atoms. The molecule has 0 aromatic heterocycles. The number of rotatable bonds is 5. The van der Waals surface area contributed by atoms with Crippen LogP contribution in [0.4, 0.5) is 10.1 Å². The van der Waals surface area contributed by atoms with Gasteiger partial charge in [-0.2, -0.15) is 0 Å². The Morgan fingerprint density at radius 3 is 2.62 bits per heavy atom. The number of nitrogens with zero attached hydrogens (tertiary/aromatic N) is 1. The Morgan fingerprint density at radius 2 is 1.92 bits per heavy atom. The van der Waals surface area contributed by atoms with E-state index in [4.69, 9.17) is 4.74 Å². The molecule has 1 fully saturated rings. The number of ether oxygens (including phenoxy) is 1. The van der Waals surface area contributed by atoms with E-state index >= 15 is 0 Å². The largest absolute Gasteiger partial charge is 0.481 e. The molecule has 136 valence electrons. The van der Waals surface area contributed by atoms with Crippen molar-refractivity contribution in [1.82, 2.24) is 4.90 Å². The van der Waals surface area contributed by atoms with E-state index in [1.807, 2.05) is 32.0 Å². The zero-order valence-corrected chi connectivity index (χ0v) is 14.8. The molecule has 5 nitrogen and oxygen atoms in total. The lowest BCUT2D eigenvalue weighted by atomic mass is 9.98. The topological polar surface area (TPSA) is 58.6 Å². The Morgan fingerprint density at radius 1 is 1.19 bits per heavy atom. The summed E-state index contributed by atoms with van der Waals surface area (Å²) in [7, 11) is 0. The van der Waals surface area contributed by atoms with Crippen molar-refractivity contribution in [3.05, 3.63) is 59.4 Å². The number of carbonyl (C=O) groups excluding carboxylic acids is 2. The van der Waals surface area contributed by atoms with Crippen molar-refractivity contribution in [2.45, 2.75) is 13.8 Å². The molecule has 3 rings (SSSR count). The number of aryl methyl sites for hydroxylation is 2. The highest BCUT2D eigenvalue weighted by Gasteiger charge is 2.35. The van der Waals surface area contributed by atoms with Gasteiger partial charge in [-0.25, -0.2) is 4.39 Å². The summed E-state index contributed by atoms with van der Waals surface area (Å²) in [6.07, 6.45) is 0. The van der Waals surface area contributed by atoms with Crippen LogP contribution in [0.2, 0.25) is 0 Å². The molecule has 2 aromatic rings. The molecule has 0 unspecified atom stereocenters. The van der Waals surface area contributed by atoms with Gasteiger partial charge in [0.05, 0.1) is 5.92 Å². The second-order valence-electron chi connectivity index (χ2n) is 6.52. The van der Waals surface area contributed by atoms with Crippen LogP contribution in [0.3, 0.4) is 0 Å². The average molecular weight is 356 g/mol. The standard InChI is InChI=1S/C20H21FN2O3/c1-13-7-8-17(14(2)9-13)22-20(25)15-10-23(11-15)19(24)12-26-18-6-4-3-5-16(18)21/h3-9,15H,10-12H2,1-2H3,(H,22,25). The van der Waals surface area contributed by atoms with Gasteiger partial charge in [-0.15, -0.1) is 0 Å². The minimum absolute atomic E-state index is 0.0468. The van der Waals surface area contributed by atoms with Crippen molar-refractivity contribution in [1.29, 1.82) is 0 Å². The summed E-state index contributed by atoms with van der Waals surface area (Å²) in [4.78, 5) is 25.9. The van der Waals surface area contributed by atoms with E-state index < -0.39 is 5.82 Å². The van der Waals surface area contributed by atoms with Gasteiger partial charge in [0.2, 0.25) is 5.91 Å². The van der Waals surface area contributed by atoms with Crippen molar-refractivity contribution in [2.24, 2.45) is 5.92 Å². The molecule has 2 amide bonds. The number of amides is 2.